The highest BCUT2D eigenvalue weighted by Gasteiger charge is 2.44. The summed E-state index contributed by atoms with van der Waals surface area (Å²) < 4.78 is 62.3. The maximum absolute atomic E-state index is 13.7. The highest BCUT2D eigenvalue weighted by molar-refractivity contribution is 7.90. The fourth-order valence-electron chi connectivity index (χ4n) is 4.85. The number of ether oxygens (including phenoxy) is 2. The minimum atomic E-state index is -3.72. The lowest BCUT2D eigenvalue weighted by molar-refractivity contribution is -0.286. The molecule has 6 rings (SSSR count). The third-order valence-electron chi connectivity index (χ3n) is 7.02. The van der Waals surface area contributed by atoms with E-state index in [2.05, 4.69) is 10.1 Å². The van der Waals surface area contributed by atoms with Gasteiger partial charge < -0.3 is 24.5 Å². The second kappa shape index (κ2) is 9.56. The quantitative estimate of drug-likeness (QED) is 0.327. The summed E-state index contributed by atoms with van der Waals surface area (Å²) in [5.74, 6) is 0.558. The molecule has 3 aromatic carbocycles. The van der Waals surface area contributed by atoms with Crippen molar-refractivity contribution in [3.63, 3.8) is 0 Å². The lowest BCUT2D eigenvalue weighted by atomic mass is 10.1. The van der Waals surface area contributed by atoms with Crippen molar-refractivity contribution in [2.75, 3.05) is 12.9 Å². The minimum Gasteiger partial charge on any atom is -0.395 e. The summed E-state index contributed by atoms with van der Waals surface area (Å²) in [4.78, 5) is 18.0. The monoisotopic (exact) mass is 569 g/mol. The molecule has 1 aliphatic heterocycles. The van der Waals surface area contributed by atoms with Crippen LogP contribution in [0.1, 0.15) is 52.1 Å². The van der Waals surface area contributed by atoms with E-state index in [0.29, 0.717) is 22.2 Å². The van der Waals surface area contributed by atoms with E-state index in [-0.39, 0.29) is 35.5 Å². The lowest BCUT2D eigenvalue weighted by Crippen LogP contribution is -2.30. The molecule has 1 unspecified atom stereocenters. The standard InChI is InChI=1S/C28H25F2N3O6S/c1-40(36,37)20-10-7-16(8-11-20)22(15-34)32-27(35)18-9-12-23-21(13-18)31-26(17-5-6-17)33(23)14-19-3-2-4-24-25(19)39-28(29,30)38-24/h2-4,7-13,17,22,34H,5-6,14-15H2,1H3,(H,32,35). The van der Waals surface area contributed by atoms with E-state index in [0.717, 1.165) is 30.4 Å². The zero-order valence-electron chi connectivity index (χ0n) is 21.3. The van der Waals surface area contributed by atoms with Crippen LogP contribution in [0, 0.1) is 0 Å². The number of aliphatic hydroxyl groups excluding tert-OH is 1. The van der Waals surface area contributed by atoms with Crippen LogP contribution in [0.2, 0.25) is 0 Å². The molecule has 4 aromatic rings. The van der Waals surface area contributed by atoms with Gasteiger partial charge in [-0.25, -0.2) is 13.4 Å². The number of carbonyl (C=O) groups is 1. The van der Waals surface area contributed by atoms with Crippen LogP contribution < -0.4 is 14.8 Å². The Morgan fingerprint density at radius 1 is 1.15 bits per heavy atom. The summed E-state index contributed by atoms with van der Waals surface area (Å²) in [6.45, 7) is -0.161. The average molecular weight is 570 g/mol. The third-order valence-corrected chi connectivity index (χ3v) is 8.15. The van der Waals surface area contributed by atoms with Gasteiger partial charge in [0.2, 0.25) is 0 Å². The van der Waals surface area contributed by atoms with Gasteiger partial charge in [0.1, 0.15) is 5.82 Å². The van der Waals surface area contributed by atoms with Gasteiger partial charge in [-0.2, -0.15) is 0 Å². The maximum atomic E-state index is 13.7. The smallest absolute Gasteiger partial charge is 0.395 e. The molecule has 2 heterocycles. The van der Waals surface area contributed by atoms with E-state index in [1.165, 1.54) is 18.2 Å². The highest BCUT2D eigenvalue weighted by Crippen LogP contribution is 2.45. The number of hydrogen-bond acceptors (Lipinski definition) is 7. The first-order valence-corrected chi connectivity index (χ1v) is 14.5. The number of fused-ring (bicyclic) bond motifs is 2. The van der Waals surface area contributed by atoms with Gasteiger partial charge in [-0.15, -0.1) is 8.78 Å². The molecule has 208 valence electrons. The van der Waals surface area contributed by atoms with Crippen molar-refractivity contribution in [2.45, 2.75) is 42.5 Å². The normalized spacial score (nSPS) is 16.7. The molecule has 1 saturated carbocycles. The number of amides is 1. The number of alkyl halides is 2. The summed E-state index contributed by atoms with van der Waals surface area (Å²) in [5, 5.41) is 12.7. The van der Waals surface area contributed by atoms with E-state index >= 15 is 0 Å². The number of para-hydroxylation sites is 1. The molecule has 0 bridgehead atoms. The Hall–Kier alpha value is -4.03. The van der Waals surface area contributed by atoms with E-state index in [9.17, 15) is 27.1 Å². The molecule has 0 radical (unpaired) electrons. The number of aliphatic hydroxyl groups is 1. The van der Waals surface area contributed by atoms with Crippen molar-refractivity contribution in [3.05, 3.63) is 83.2 Å². The van der Waals surface area contributed by atoms with Crippen LogP contribution in [0.4, 0.5) is 8.78 Å². The van der Waals surface area contributed by atoms with Crippen LogP contribution >= 0.6 is 0 Å². The first-order valence-electron chi connectivity index (χ1n) is 12.6. The van der Waals surface area contributed by atoms with E-state index < -0.39 is 28.1 Å². The molecular weight excluding hydrogens is 544 g/mol. The fourth-order valence-corrected chi connectivity index (χ4v) is 5.48. The lowest BCUT2D eigenvalue weighted by Gasteiger charge is -2.17. The molecule has 1 fully saturated rings. The zero-order valence-corrected chi connectivity index (χ0v) is 22.1. The number of hydrogen-bond donors (Lipinski definition) is 2. The van der Waals surface area contributed by atoms with Crippen molar-refractivity contribution < 1.29 is 36.6 Å². The van der Waals surface area contributed by atoms with Gasteiger partial charge in [-0.1, -0.05) is 24.3 Å². The Bertz CT molecular complexity index is 1730. The summed E-state index contributed by atoms with van der Waals surface area (Å²) in [5.41, 5.74) is 2.70. The SMILES string of the molecule is CS(=O)(=O)c1ccc(C(CO)NC(=O)c2ccc3c(c2)nc(C2CC2)n3Cc2cccc3c2OC(F)(F)O3)cc1. The maximum Gasteiger partial charge on any atom is 0.586 e. The molecule has 2 aliphatic rings. The van der Waals surface area contributed by atoms with Crippen LogP contribution in [0.15, 0.2) is 65.6 Å². The van der Waals surface area contributed by atoms with E-state index in [1.54, 1.807) is 42.5 Å². The number of benzene rings is 3. The van der Waals surface area contributed by atoms with Crippen LogP contribution in [-0.2, 0) is 16.4 Å². The van der Waals surface area contributed by atoms with Crippen molar-refractivity contribution in [1.29, 1.82) is 0 Å². The molecule has 0 saturated heterocycles. The summed E-state index contributed by atoms with van der Waals surface area (Å²) in [6, 6.07) is 15.0. The molecule has 0 spiro atoms. The van der Waals surface area contributed by atoms with Crippen molar-refractivity contribution >= 4 is 26.8 Å². The van der Waals surface area contributed by atoms with Gasteiger partial charge in [0.25, 0.3) is 5.91 Å². The van der Waals surface area contributed by atoms with Crippen molar-refractivity contribution in [1.82, 2.24) is 14.9 Å². The number of nitrogens with zero attached hydrogens (tertiary/aromatic N) is 2. The molecular formula is C28H25F2N3O6S. The van der Waals surface area contributed by atoms with Crippen LogP contribution in [0.3, 0.4) is 0 Å². The average Bonchev–Trinajstić information content (AvgIpc) is 3.62. The van der Waals surface area contributed by atoms with Crippen LogP contribution in [0.25, 0.3) is 11.0 Å². The Balaban J connectivity index is 1.27. The zero-order chi connectivity index (χ0) is 28.2. The fraction of sp³-hybridized carbons (Fsp3) is 0.286. The topological polar surface area (TPSA) is 120 Å². The molecule has 9 nitrogen and oxygen atoms in total. The Kier molecular flexibility index (Phi) is 6.26. The number of sulfone groups is 1. The molecule has 2 N–H and O–H groups in total. The predicted molar refractivity (Wildman–Crippen MR) is 140 cm³/mol. The Morgan fingerprint density at radius 2 is 1.90 bits per heavy atom. The molecule has 1 aromatic heterocycles. The Labute approximate surface area is 228 Å². The van der Waals surface area contributed by atoms with E-state index in [4.69, 9.17) is 9.72 Å². The summed E-state index contributed by atoms with van der Waals surface area (Å²) in [7, 11) is -3.38. The first kappa shape index (κ1) is 26.2. The number of imidazole rings is 1. The number of aromatic nitrogens is 2. The highest BCUT2D eigenvalue weighted by atomic mass is 32.2. The number of rotatable bonds is 8. The molecule has 1 atom stereocenters. The largest absolute Gasteiger partial charge is 0.586 e. The van der Waals surface area contributed by atoms with Gasteiger partial charge in [-0.3, -0.25) is 4.79 Å². The summed E-state index contributed by atoms with van der Waals surface area (Å²) in [6.07, 6.45) is -0.708. The van der Waals surface area contributed by atoms with Gasteiger partial charge in [-0.05, 0) is 54.8 Å². The van der Waals surface area contributed by atoms with Gasteiger partial charge in [0, 0.05) is 23.3 Å². The van der Waals surface area contributed by atoms with Crippen molar-refractivity contribution in [3.8, 4) is 11.5 Å². The second-order valence-corrected chi connectivity index (χ2v) is 12.0. The third kappa shape index (κ3) is 5.00. The predicted octanol–water partition coefficient (Wildman–Crippen LogP) is 4.15. The van der Waals surface area contributed by atoms with E-state index in [1.807, 2.05) is 4.57 Å². The van der Waals surface area contributed by atoms with Crippen LogP contribution in [-0.4, -0.2) is 48.1 Å². The molecule has 1 amide bonds. The van der Waals surface area contributed by atoms with Crippen molar-refractivity contribution in [2.24, 2.45) is 0 Å². The summed E-state index contributed by atoms with van der Waals surface area (Å²) >= 11 is 0. The molecule has 12 heteroatoms. The minimum absolute atomic E-state index is 0.00768. The first-order chi connectivity index (χ1) is 19.0. The number of halogens is 2. The number of carbonyl (C=O) groups excluding carboxylic acids is 1. The van der Waals surface area contributed by atoms with Gasteiger partial charge in [0.15, 0.2) is 21.3 Å². The molecule has 1 aliphatic carbocycles. The van der Waals surface area contributed by atoms with Crippen LogP contribution in [0.5, 0.6) is 11.5 Å². The Morgan fingerprint density at radius 3 is 2.58 bits per heavy atom. The second-order valence-electron chi connectivity index (χ2n) is 10.00. The van der Waals surface area contributed by atoms with Gasteiger partial charge in [0.05, 0.1) is 35.1 Å². The number of nitrogens with one attached hydrogen (secondary N) is 1. The molecule has 40 heavy (non-hydrogen) atoms. The van der Waals surface area contributed by atoms with Gasteiger partial charge >= 0.3 is 6.29 Å².